The normalized spacial score (nSPS) is 14.3. The van der Waals surface area contributed by atoms with Crippen molar-refractivity contribution in [3.8, 4) is 5.75 Å². The molecular formula is C25H33N3O5S. The number of sulfonamides is 1. The standard InChI is InChI=1S/C25H33N3O5S/c1-4-26-25(30)18(2)28(17-20-5-12-22(33-3)13-6-20)24(29)16-9-19-7-14-23(15-8-19)34(31,32)27-21-10-11-21/h5-8,12-15,18,21,27H,4,9-11,16-17H2,1-3H3,(H,26,30)/t18-/m0/s1. The molecule has 1 fully saturated rings. The van der Waals surface area contributed by atoms with E-state index in [0.29, 0.717) is 19.5 Å². The Balaban J connectivity index is 1.66. The van der Waals surface area contributed by atoms with Gasteiger partial charge in [-0.2, -0.15) is 0 Å². The van der Waals surface area contributed by atoms with E-state index in [9.17, 15) is 18.0 Å². The number of nitrogens with zero attached hydrogens (tertiary/aromatic N) is 1. The van der Waals surface area contributed by atoms with E-state index >= 15 is 0 Å². The van der Waals surface area contributed by atoms with Crippen LogP contribution in [0.25, 0.3) is 0 Å². The molecule has 0 saturated heterocycles. The number of carbonyl (C=O) groups excluding carboxylic acids is 2. The average Bonchev–Trinajstić information content (AvgIpc) is 3.64. The molecule has 0 radical (unpaired) electrons. The van der Waals surface area contributed by atoms with E-state index in [1.54, 1.807) is 43.2 Å². The van der Waals surface area contributed by atoms with Gasteiger partial charge < -0.3 is 15.0 Å². The molecule has 0 bridgehead atoms. The number of benzene rings is 2. The van der Waals surface area contributed by atoms with Crippen molar-refractivity contribution in [3.05, 3.63) is 59.7 Å². The second kappa shape index (κ2) is 11.5. The van der Waals surface area contributed by atoms with Gasteiger partial charge in [-0.05, 0) is 68.5 Å². The maximum Gasteiger partial charge on any atom is 0.242 e. The Labute approximate surface area is 201 Å². The fourth-order valence-corrected chi connectivity index (χ4v) is 4.86. The SMILES string of the molecule is CCNC(=O)[C@H](C)N(Cc1ccc(OC)cc1)C(=O)CCc1ccc(S(=O)(=O)NC2CC2)cc1. The lowest BCUT2D eigenvalue weighted by Gasteiger charge is -2.29. The third-order valence-corrected chi connectivity index (χ3v) is 7.33. The zero-order valence-corrected chi connectivity index (χ0v) is 20.7. The molecule has 2 aromatic rings. The molecule has 1 aliphatic rings. The fourth-order valence-electron chi connectivity index (χ4n) is 3.55. The Morgan fingerprint density at radius 2 is 1.68 bits per heavy atom. The highest BCUT2D eigenvalue weighted by Crippen LogP contribution is 2.22. The molecule has 1 aliphatic carbocycles. The van der Waals surface area contributed by atoms with Gasteiger partial charge in [0, 0.05) is 25.6 Å². The molecule has 0 heterocycles. The van der Waals surface area contributed by atoms with E-state index in [-0.39, 0.29) is 29.2 Å². The van der Waals surface area contributed by atoms with Gasteiger partial charge in [-0.3, -0.25) is 9.59 Å². The molecule has 1 saturated carbocycles. The second-order valence-corrected chi connectivity index (χ2v) is 10.2. The number of aryl methyl sites for hydroxylation is 1. The Bertz CT molecular complexity index is 1080. The maximum atomic E-state index is 13.2. The largest absolute Gasteiger partial charge is 0.497 e. The van der Waals surface area contributed by atoms with Crippen LogP contribution in [0.3, 0.4) is 0 Å². The van der Waals surface area contributed by atoms with Crippen molar-refractivity contribution in [3.63, 3.8) is 0 Å². The molecule has 2 N–H and O–H groups in total. The number of hydrogen-bond donors (Lipinski definition) is 2. The number of amides is 2. The zero-order valence-electron chi connectivity index (χ0n) is 19.9. The average molecular weight is 488 g/mol. The van der Waals surface area contributed by atoms with Crippen molar-refractivity contribution < 1.29 is 22.7 Å². The number of nitrogens with one attached hydrogen (secondary N) is 2. The Kier molecular flexibility index (Phi) is 8.68. The van der Waals surface area contributed by atoms with Crippen LogP contribution >= 0.6 is 0 Å². The van der Waals surface area contributed by atoms with Gasteiger partial charge in [-0.1, -0.05) is 24.3 Å². The number of likely N-dealkylation sites (N-methyl/N-ethyl adjacent to an activating group) is 1. The summed E-state index contributed by atoms with van der Waals surface area (Å²) < 4.78 is 32.5. The number of rotatable bonds is 12. The summed E-state index contributed by atoms with van der Waals surface area (Å²) in [6, 6.07) is 13.4. The van der Waals surface area contributed by atoms with E-state index in [4.69, 9.17) is 4.74 Å². The minimum Gasteiger partial charge on any atom is -0.497 e. The first-order valence-corrected chi connectivity index (χ1v) is 13.0. The van der Waals surface area contributed by atoms with Crippen molar-refractivity contribution in [1.82, 2.24) is 14.9 Å². The van der Waals surface area contributed by atoms with Gasteiger partial charge in [0.25, 0.3) is 0 Å². The first-order chi connectivity index (χ1) is 16.2. The number of carbonyl (C=O) groups is 2. The lowest BCUT2D eigenvalue weighted by molar-refractivity contribution is -0.140. The van der Waals surface area contributed by atoms with Crippen LogP contribution in [0.5, 0.6) is 5.75 Å². The van der Waals surface area contributed by atoms with E-state index in [1.165, 1.54) is 0 Å². The predicted octanol–water partition coefficient (Wildman–Crippen LogP) is 2.62. The molecule has 0 aromatic heterocycles. The van der Waals surface area contributed by atoms with Gasteiger partial charge in [0.05, 0.1) is 12.0 Å². The third kappa shape index (κ3) is 7.04. The highest BCUT2D eigenvalue weighted by molar-refractivity contribution is 7.89. The van der Waals surface area contributed by atoms with E-state index < -0.39 is 16.1 Å². The zero-order chi connectivity index (χ0) is 24.7. The van der Waals surface area contributed by atoms with E-state index in [2.05, 4.69) is 10.0 Å². The quantitative estimate of drug-likeness (QED) is 0.479. The van der Waals surface area contributed by atoms with Crippen LogP contribution in [0.15, 0.2) is 53.4 Å². The van der Waals surface area contributed by atoms with Crippen LogP contribution in [0.4, 0.5) is 0 Å². The summed E-state index contributed by atoms with van der Waals surface area (Å²) in [5, 5.41) is 2.78. The fraction of sp³-hybridized carbons (Fsp3) is 0.440. The summed E-state index contributed by atoms with van der Waals surface area (Å²) in [4.78, 5) is 27.4. The molecule has 9 heteroatoms. The Morgan fingerprint density at radius 1 is 1.06 bits per heavy atom. The first kappa shape index (κ1) is 25.7. The minimum atomic E-state index is -3.50. The van der Waals surface area contributed by atoms with Crippen LogP contribution in [0.2, 0.25) is 0 Å². The van der Waals surface area contributed by atoms with Crippen LogP contribution in [-0.2, 0) is 32.6 Å². The molecule has 3 rings (SSSR count). The number of hydrogen-bond acceptors (Lipinski definition) is 5. The first-order valence-electron chi connectivity index (χ1n) is 11.5. The molecule has 2 amide bonds. The summed E-state index contributed by atoms with van der Waals surface area (Å²) in [7, 11) is -1.91. The van der Waals surface area contributed by atoms with Crippen molar-refractivity contribution in [2.75, 3.05) is 13.7 Å². The summed E-state index contributed by atoms with van der Waals surface area (Å²) in [5.74, 6) is 0.361. The number of methoxy groups -OCH3 is 1. The highest BCUT2D eigenvalue weighted by Gasteiger charge is 2.28. The van der Waals surface area contributed by atoms with Gasteiger partial charge >= 0.3 is 0 Å². The molecule has 8 nitrogen and oxygen atoms in total. The molecule has 0 aliphatic heterocycles. The lowest BCUT2D eigenvalue weighted by atomic mass is 10.1. The Hall–Kier alpha value is -2.91. The molecular weight excluding hydrogens is 454 g/mol. The predicted molar refractivity (Wildman–Crippen MR) is 130 cm³/mol. The summed E-state index contributed by atoms with van der Waals surface area (Å²) in [6.45, 7) is 4.34. The molecule has 2 aromatic carbocycles. The smallest absolute Gasteiger partial charge is 0.242 e. The van der Waals surface area contributed by atoms with Crippen molar-refractivity contribution in [1.29, 1.82) is 0 Å². The third-order valence-electron chi connectivity index (χ3n) is 5.79. The minimum absolute atomic E-state index is 0.0471. The lowest BCUT2D eigenvalue weighted by Crippen LogP contribution is -2.47. The Morgan fingerprint density at radius 3 is 2.24 bits per heavy atom. The topological polar surface area (TPSA) is 105 Å². The van der Waals surface area contributed by atoms with Crippen LogP contribution < -0.4 is 14.8 Å². The summed E-state index contributed by atoms with van der Waals surface area (Å²) >= 11 is 0. The van der Waals surface area contributed by atoms with Crippen molar-refractivity contribution in [2.24, 2.45) is 0 Å². The van der Waals surface area contributed by atoms with Gasteiger partial charge in [0.1, 0.15) is 11.8 Å². The van der Waals surface area contributed by atoms with Crippen LogP contribution in [0.1, 0.15) is 44.2 Å². The van der Waals surface area contributed by atoms with Gasteiger partial charge in [0.2, 0.25) is 21.8 Å². The second-order valence-electron chi connectivity index (χ2n) is 8.48. The highest BCUT2D eigenvalue weighted by atomic mass is 32.2. The molecule has 0 spiro atoms. The van der Waals surface area contributed by atoms with Crippen molar-refractivity contribution >= 4 is 21.8 Å². The molecule has 0 unspecified atom stereocenters. The van der Waals surface area contributed by atoms with Crippen molar-refractivity contribution in [2.45, 2.75) is 63.1 Å². The van der Waals surface area contributed by atoms with Gasteiger partial charge in [-0.25, -0.2) is 13.1 Å². The number of ether oxygens (including phenoxy) is 1. The maximum absolute atomic E-state index is 13.2. The van der Waals surface area contributed by atoms with Gasteiger partial charge in [0.15, 0.2) is 0 Å². The van der Waals surface area contributed by atoms with Crippen LogP contribution in [-0.4, -0.2) is 50.9 Å². The van der Waals surface area contributed by atoms with E-state index in [1.807, 2.05) is 31.2 Å². The summed E-state index contributed by atoms with van der Waals surface area (Å²) in [5.41, 5.74) is 1.75. The van der Waals surface area contributed by atoms with Gasteiger partial charge in [-0.15, -0.1) is 0 Å². The van der Waals surface area contributed by atoms with Crippen LogP contribution in [0, 0.1) is 0 Å². The monoisotopic (exact) mass is 487 g/mol. The molecule has 184 valence electrons. The molecule has 1 atom stereocenters. The summed E-state index contributed by atoms with van der Waals surface area (Å²) in [6.07, 6.45) is 2.39. The van der Waals surface area contributed by atoms with E-state index in [0.717, 1.165) is 29.7 Å². The molecule has 34 heavy (non-hydrogen) atoms.